The molecule has 0 aromatic heterocycles. The van der Waals surface area contributed by atoms with Crippen molar-refractivity contribution < 1.29 is 19.4 Å². The molecule has 0 spiro atoms. The maximum absolute atomic E-state index is 13.2. The highest BCUT2D eigenvalue weighted by atomic mass is 32.2. The number of para-hydroxylation sites is 2. The van der Waals surface area contributed by atoms with Crippen molar-refractivity contribution in [1.82, 2.24) is 10.6 Å². The van der Waals surface area contributed by atoms with Gasteiger partial charge in [0.1, 0.15) is 17.5 Å². The third-order valence-corrected chi connectivity index (χ3v) is 6.69. The molecule has 8 heteroatoms. The maximum Gasteiger partial charge on any atom is 0.234 e. The zero-order valence-corrected chi connectivity index (χ0v) is 19.5. The number of benzene rings is 3. The summed E-state index contributed by atoms with van der Waals surface area (Å²) in [4.78, 5) is 25.6. The Hall–Kier alpha value is -3.33. The Bertz CT molecular complexity index is 1070. The lowest BCUT2D eigenvalue weighted by Gasteiger charge is -2.38. The summed E-state index contributed by atoms with van der Waals surface area (Å²) in [7, 11) is 1.54. The number of anilines is 1. The number of methoxy groups -OCH3 is 1. The molecule has 4 rings (SSSR count). The number of carbonyl (C=O) groups is 2. The number of hydrogen-bond donors (Lipinski definition) is 4. The molecule has 2 amide bonds. The van der Waals surface area contributed by atoms with E-state index in [1.807, 2.05) is 66.7 Å². The van der Waals surface area contributed by atoms with E-state index in [0.29, 0.717) is 11.4 Å². The molecule has 1 fully saturated rings. The van der Waals surface area contributed by atoms with Crippen molar-refractivity contribution in [3.8, 4) is 5.75 Å². The Labute approximate surface area is 202 Å². The molecule has 1 aliphatic heterocycles. The van der Waals surface area contributed by atoms with Crippen molar-refractivity contribution in [2.45, 2.75) is 17.6 Å². The number of nitrogens with one attached hydrogen (secondary N) is 3. The van der Waals surface area contributed by atoms with Crippen LogP contribution in [0.25, 0.3) is 0 Å². The molecule has 3 unspecified atom stereocenters. The van der Waals surface area contributed by atoms with Crippen LogP contribution in [0.15, 0.2) is 84.9 Å². The largest absolute Gasteiger partial charge is 0.495 e. The Morgan fingerprint density at radius 3 is 2.18 bits per heavy atom. The lowest BCUT2D eigenvalue weighted by Crippen LogP contribution is -2.61. The zero-order valence-electron chi connectivity index (χ0n) is 18.7. The normalized spacial score (nSPS) is 20.0. The van der Waals surface area contributed by atoms with Crippen molar-refractivity contribution in [1.29, 1.82) is 0 Å². The summed E-state index contributed by atoms with van der Waals surface area (Å²) in [6, 6.07) is 26.5. The highest BCUT2D eigenvalue weighted by Gasteiger charge is 2.41. The number of carbonyl (C=O) groups excluding carboxylic acids is 2. The van der Waals surface area contributed by atoms with Gasteiger partial charge in [0.25, 0.3) is 0 Å². The number of aliphatic hydroxyl groups excluding tert-OH is 1. The third kappa shape index (κ3) is 5.59. The van der Waals surface area contributed by atoms with Gasteiger partial charge in [-0.2, -0.15) is 0 Å². The van der Waals surface area contributed by atoms with Gasteiger partial charge in [0, 0.05) is 5.92 Å². The summed E-state index contributed by atoms with van der Waals surface area (Å²) in [5.41, 5.74) is 1.85. The van der Waals surface area contributed by atoms with Gasteiger partial charge < -0.3 is 20.5 Å². The molecule has 3 aromatic carbocycles. The molecule has 34 heavy (non-hydrogen) atoms. The van der Waals surface area contributed by atoms with E-state index in [1.165, 1.54) is 18.9 Å². The maximum atomic E-state index is 13.2. The van der Waals surface area contributed by atoms with E-state index in [2.05, 4.69) is 16.0 Å². The van der Waals surface area contributed by atoms with E-state index in [0.717, 1.165) is 11.1 Å². The quantitative estimate of drug-likeness (QED) is 0.398. The molecule has 176 valence electrons. The SMILES string of the molecule is COc1ccccc1NC(=O)CSC1NC(=O)C(C(c2ccccc2)c2ccccc2)C(O)N1. The minimum Gasteiger partial charge on any atom is -0.495 e. The molecule has 4 N–H and O–H groups in total. The molecular weight excluding hydrogens is 450 g/mol. The summed E-state index contributed by atoms with van der Waals surface area (Å²) >= 11 is 1.20. The molecule has 0 saturated carbocycles. The highest BCUT2D eigenvalue weighted by Crippen LogP contribution is 2.35. The van der Waals surface area contributed by atoms with Crippen molar-refractivity contribution >= 4 is 29.3 Å². The molecule has 1 aliphatic rings. The molecule has 7 nitrogen and oxygen atoms in total. The van der Waals surface area contributed by atoms with Gasteiger partial charge in [0.05, 0.1) is 24.5 Å². The molecule has 0 bridgehead atoms. The summed E-state index contributed by atoms with van der Waals surface area (Å²) in [5, 5.41) is 19.7. The highest BCUT2D eigenvalue weighted by molar-refractivity contribution is 8.00. The van der Waals surface area contributed by atoms with Gasteiger partial charge in [-0.05, 0) is 23.3 Å². The van der Waals surface area contributed by atoms with E-state index in [9.17, 15) is 14.7 Å². The summed E-state index contributed by atoms with van der Waals surface area (Å²) in [6.45, 7) is 0. The molecule has 3 atom stereocenters. The summed E-state index contributed by atoms with van der Waals surface area (Å²) in [6.07, 6.45) is -1.09. The minimum atomic E-state index is -1.09. The Kier molecular flexibility index (Phi) is 7.84. The number of aliphatic hydroxyl groups is 1. The van der Waals surface area contributed by atoms with Crippen molar-refractivity contribution in [3.05, 3.63) is 96.1 Å². The van der Waals surface area contributed by atoms with Crippen LogP contribution in [0.1, 0.15) is 17.0 Å². The first-order chi connectivity index (χ1) is 16.6. The van der Waals surface area contributed by atoms with Gasteiger partial charge in [0.2, 0.25) is 11.8 Å². The minimum absolute atomic E-state index is 0.0776. The first-order valence-electron chi connectivity index (χ1n) is 11.0. The van der Waals surface area contributed by atoms with Crippen LogP contribution in [0, 0.1) is 5.92 Å². The number of thioether (sulfide) groups is 1. The van der Waals surface area contributed by atoms with Gasteiger partial charge in [-0.3, -0.25) is 14.9 Å². The average molecular weight is 478 g/mol. The second-order valence-electron chi connectivity index (χ2n) is 7.88. The van der Waals surface area contributed by atoms with Crippen LogP contribution in [-0.4, -0.2) is 41.5 Å². The molecule has 0 radical (unpaired) electrons. The number of rotatable bonds is 8. The first-order valence-corrected chi connectivity index (χ1v) is 12.0. The predicted molar refractivity (Wildman–Crippen MR) is 133 cm³/mol. The van der Waals surface area contributed by atoms with Crippen LogP contribution in [0.5, 0.6) is 5.75 Å². The predicted octanol–water partition coefficient (Wildman–Crippen LogP) is 3.14. The fourth-order valence-electron chi connectivity index (χ4n) is 4.11. The fourth-order valence-corrected chi connectivity index (χ4v) is 4.94. The Morgan fingerprint density at radius 1 is 1.00 bits per heavy atom. The van der Waals surface area contributed by atoms with E-state index in [1.54, 1.807) is 18.2 Å². The van der Waals surface area contributed by atoms with E-state index >= 15 is 0 Å². The van der Waals surface area contributed by atoms with Gasteiger partial charge in [0.15, 0.2) is 0 Å². The van der Waals surface area contributed by atoms with Crippen LogP contribution in [0.3, 0.4) is 0 Å². The number of amides is 2. The van der Waals surface area contributed by atoms with E-state index < -0.39 is 17.6 Å². The number of ether oxygens (including phenoxy) is 1. The number of hydrogen-bond acceptors (Lipinski definition) is 6. The van der Waals surface area contributed by atoms with Gasteiger partial charge >= 0.3 is 0 Å². The average Bonchev–Trinajstić information content (AvgIpc) is 2.86. The van der Waals surface area contributed by atoms with Crippen molar-refractivity contribution in [2.75, 3.05) is 18.2 Å². The van der Waals surface area contributed by atoms with Crippen LogP contribution in [0.4, 0.5) is 5.69 Å². The van der Waals surface area contributed by atoms with Gasteiger partial charge in [-0.1, -0.05) is 72.8 Å². The smallest absolute Gasteiger partial charge is 0.234 e. The van der Waals surface area contributed by atoms with Crippen LogP contribution in [0.2, 0.25) is 0 Å². The molecule has 1 saturated heterocycles. The van der Waals surface area contributed by atoms with Crippen LogP contribution < -0.4 is 20.7 Å². The topological polar surface area (TPSA) is 99.7 Å². The molecule has 0 aliphatic carbocycles. The molecule has 1 heterocycles. The summed E-state index contributed by atoms with van der Waals surface area (Å²) in [5.74, 6) is -0.932. The Balaban J connectivity index is 1.42. The van der Waals surface area contributed by atoms with E-state index in [4.69, 9.17) is 4.74 Å². The standard InChI is InChI=1S/C26H27N3O4S/c1-33-20-15-9-8-14-19(20)27-21(30)16-34-26-28-24(31)23(25(32)29-26)22(17-10-4-2-5-11-17)18-12-6-3-7-13-18/h2-15,22-24,26,28,31H,16H2,1H3,(H,27,30)(H,29,32). The van der Waals surface area contributed by atoms with E-state index in [-0.39, 0.29) is 23.5 Å². The van der Waals surface area contributed by atoms with Crippen LogP contribution >= 0.6 is 11.8 Å². The van der Waals surface area contributed by atoms with Crippen molar-refractivity contribution in [3.63, 3.8) is 0 Å². The van der Waals surface area contributed by atoms with Gasteiger partial charge in [-0.25, -0.2) is 0 Å². The fraction of sp³-hybridized carbons (Fsp3) is 0.231. The Morgan fingerprint density at radius 2 is 1.59 bits per heavy atom. The third-order valence-electron chi connectivity index (χ3n) is 5.68. The molecule has 3 aromatic rings. The second-order valence-corrected chi connectivity index (χ2v) is 8.98. The lowest BCUT2D eigenvalue weighted by atomic mass is 9.78. The van der Waals surface area contributed by atoms with Crippen molar-refractivity contribution in [2.24, 2.45) is 5.92 Å². The first kappa shape index (κ1) is 23.8. The summed E-state index contributed by atoms with van der Waals surface area (Å²) < 4.78 is 5.25. The zero-order chi connectivity index (χ0) is 23.9. The second kappa shape index (κ2) is 11.2. The van der Waals surface area contributed by atoms with Gasteiger partial charge in [-0.15, -0.1) is 11.8 Å². The molecular formula is C26H27N3O4S. The lowest BCUT2D eigenvalue weighted by molar-refractivity contribution is -0.134. The van der Waals surface area contributed by atoms with Crippen LogP contribution in [-0.2, 0) is 9.59 Å². The monoisotopic (exact) mass is 477 g/mol.